The van der Waals surface area contributed by atoms with Crippen molar-refractivity contribution in [3.8, 4) is 5.69 Å². The molecule has 1 aromatic carbocycles. The van der Waals surface area contributed by atoms with Gasteiger partial charge in [-0.15, -0.1) is 16.4 Å². The molecule has 3 rings (SSSR count). The Labute approximate surface area is 135 Å². The van der Waals surface area contributed by atoms with E-state index in [2.05, 4.69) is 21.0 Å². The van der Waals surface area contributed by atoms with Crippen molar-refractivity contribution >= 4 is 23.2 Å². The third kappa shape index (κ3) is 3.27. The van der Waals surface area contributed by atoms with E-state index in [1.54, 1.807) is 24.4 Å². The normalized spacial score (nSPS) is 10.3. The summed E-state index contributed by atoms with van der Waals surface area (Å²) in [5.41, 5.74) is 6.07. The van der Waals surface area contributed by atoms with Crippen molar-refractivity contribution in [3.05, 3.63) is 64.1 Å². The Hall–Kier alpha value is -3.00. The average Bonchev–Trinajstić information content (AvgIpc) is 3.23. The van der Waals surface area contributed by atoms with Crippen LogP contribution in [0, 0.1) is 6.92 Å². The van der Waals surface area contributed by atoms with Crippen molar-refractivity contribution in [1.82, 2.24) is 25.8 Å². The van der Waals surface area contributed by atoms with Crippen LogP contribution in [-0.2, 0) is 0 Å². The van der Waals surface area contributed by atoms with Gasteiger partial charge in [-0.3, -0.25) is 20.4 Å². The molecule has 23 heavy (non-hydrogen) atoms. The summed E-state index contributed by atoms with van der Waals surface area (Å²) in [7, 11) is 0. The van der Waals surface area contributed by atoms with E-state index in [4.69, 9.17) is 0 Å². The van der Waals surface area contributed by atoms with E-state index in [1.165, 1.54) is 16.1 Å². The molecule has 3 aromatic rings. The molecular formula is C15H13N5O2S. The van der Waals surface area contributed by atoms with E-state index in [0.29, 0.717) is 10.6 Å². The van der Waals surface area contributed by atoms with Gasteiger partial charge >= 0.3 is 0 Å². The molecule has 2 N–H and O–H groups in total. The second-order valence-corrected chi connectivity index (χ2v) is 5.59. The van der Waals surface area contributed by atoms with Crippen molar-refractivity contribution in [3.63, 3.8) is 0 Å². The van der Waals surface area contributed by atoms with Crippen LogP contribution in [0.5, 0.6) is 0 Å². The molecule has 2 amide bonds. The molecule has 2 aromatic heterocycles. The number of rotatable bonds is 3. The number of carbonyl (C=O) groups is 2. The number of aryl methyl sites for hydroxylation is 1. The Morgan fingerprint density at radius 2 is 1.74 bits per heavy atom. The topological polar surface area (TPSA) is 88.9 Å². The molecule has 0 fully saturated rings. The van der Waals surface area contributed by atoms with Gasteiger partial charge in [0.2, 0.25) is 0 Å². The summed E-state index contributed by atoms with van der Waals surface area (Å²) in [5, 5.41) is 10.2. The lowest BCUT2D eigenvalue weighted by Crippen LogP contribution is -2.41. The fourth-order valence-corrected chi connectivity index (χ4v) is 2.53. The summed E-state index contributed by atoms with van der Waals surface area (Å²) in [4.78, 5) is 25.8. The highest BCUT2D eigenvalue weighted by molar-refractivity contribution is 7.12. The average molecular weight is 327 g/mol. The Bertz CT molecular complexity index is 827. The summed E-state index contributed by atoms with van der Waals surface area (Å²) in [5.74, 6) is -0.893. The molecule has 0 spiro atoms. The third-order valence-electron chi connectivity index (χ3n) is 3.02. The zero-order valence-electron chi connectivity index (χ0n) is 12.2. The van der Waals surface area contributed by atoms with Crippen LogP contribution >= 0.6 is 11.3 Å². The van der Waals surface area contributed by atoms with Crippen LogP contribution in [0.15, 0.2) is 47.8 Å². The lowest BCUT2D eigenvalue weighted by Gasteiger charge is -2.04. The van der Waals surface area contributed by atoms with Gasteiger partial charge in [0.15, 0.2) is 5.69 Å². The molecule has 0 bridgehead atoms. The number of amides is 2. The highest BCUT2D eigenvalue weighted by Gasteiger charge is 2.17. The molecule has 0 aliphatic heterocycles. The highest BCUT2D eigenvalue weighted by atomic mass is 32.1. The molecule has 116 valence electrons. The van der Waals surface area contributed by atoms with Gasteiger partial charge in [-0.2, -0.15) is 9.90 Å². The first kappa shape index (κ1) is 14.9. The number of benzene rings is 1. The first-order valence-electron chi connectivity index (χ1n) is 6.78. The number of thiophene rings is 1. The molecular weight excluding hydrogens is 314 g/mol. The predicted octanol–water partition coefficient (Wildman–Crippen LogP) is 1.71. The molecule has 0 aliphatic rings. The van der Waals surface area contributed by atoms with Crippen molar-refractivity contribution in [2.24, 2.45) is 0 Å². The zero-order chi connectivity index (χ0) is 16.2. The summed E-state index contributed by atoms with van der Waals surface area (Å²) in [6.45, 7) is 1.68. The van der Waals surface area contributed by atoms with Crippen molar-refractivity contribution in [1.29, 1.82) is 0 Å². The quantitative estimate of drug-likeness (QED) is 0.717. The van der Waals surface area contributed by atoms with E-state index < -0.39 is 5.91 Å². The summed E-state index contributed by atoms with van der Waals surface area (Å²) < 4.78 is 0. The third-order valence-corrected chi connectivity index (χ3v) is 3.89. The maximum absolute atomic E-state index is 12.1. The van der Waals surface area contributed by atoms with Gasteiger partial charge in [-0.25, -0.2) is 0 Å². The summed E-state index contributed by atoms with van der Waals surface area (Å²) in [6.07, 6.45) is 0. The Morgan fingerprint density at radius 3 is 2.43 bits per heavy atom. The Balaban J connectivity index is 1.70. The van der Waals surface area contributed by atoms with Gasteiger partial charge < -0.3 is 0 Å². The minimum atomic E-state index is -0.519. The Kier molecular flexibility index (Phi) is 4.15. The fraction of sp³-hybridized carbons (Fsp3) is 0.0667. The van der Waals surface area contributed by atoms with E-state index in [1.807, 2.05) is 30.3 Å². The number of aromatic nitrogens is 3. The number of nitrogens with zero attached hydrogens (tertiary/aromatic N) is 3. The van der Waals surface area contributed by atoms with Crippen molar-refractivity contribution < 1.29 is 9.59 Å². The molecule has 0 saturated carbocycles. The number of hydrogen-bond donors (Lipinski definition) is 2. The van der Waals surface area contributed by atoms with Crippen LogP contribution < -0.4 is 10.9 Å². The van der Waals surface area contributed by atoms with Crippen LogP contribution in [0.2, 0.25) is 0 Å². The molecule has 0 radical (unpaired) electrons. The molecule has 0 atom stereocenters. The first-order valence-corrected chi connectivity index (χ1v) is 7.66. The molecule has 2 heterocycles. The number of hydrazine groups is 1. The van der Waals surface area contributed by atoms with Gasteiger partial charge in [0.05, 0.1) is 16.3 Å². The summed E-state index contributed by atoms with van der Waals surface area (Å²) >= 11 is 1.29. The van der Waals surface area contributed by atoms with Gasteiger partial charge in [0.25, 0.3) is 11.8 Å². The van der Waals surface area contributed by atoms with Crippen LogP contribution in [0.1, 0.15) is 25.9 Å². The van der Waals surface area contributed by atoms with Crippen LogP contribution in [0.3, 0.4) is 0 Å². The van der Waals surface area contributed by atoms with Crippen molar-refractivity contribution in [2.75, 3.05) is 0 Å². The largest absolute Gasteiger partial charge is 0.292 e. The fourth-order valence-electron chi connectivity index (χ4n) is 1.91. The number of carbonyl (C=O) groups excluding carboxylic acids is 2. The smallest absolute Gasteiger partial charge is 0.266 e. The van der Waals surface area contributed by atoms with Crippen LogP contribution in [0.4, 0.5) is 0 Å². The second kappa shape index (κ2) is 6.41. The zero-order valence-corrected chi connectivity index (χ0v) is 13.0. The maximum Gasteiger partial charge on any atom is 0.292 e. The number of nitrogens with one attached hydrogen (secondary N) is 2. The van der Waals surface area contributed by atoms with E-state index >= 15 is 0 Å². The predicted molar refractivity (Wildman–Crippen MR) is 85.3 cm³/mol. The van der Waals surface area contributed by atoms with E-state index in [-0.39, 0.29) is 11.6 Å². The standard InChI is InChI=1S/C15H13N5O2S/c1-10-13(19-20(18-10)11-6-3-2-4-7-11)15(22)17-16-14(21)12-8-5-9-23-12/h2-9H,1H3,(H,16,21)(H,17,22). The van der Waals surface area contributed by atoms with E-state index in [9.17, 15) is 9.59 Å². The van der Waals surface area contributed by atoms with Gasteiger partial charge in [0.1, 0.15) is 0 Å². The van der Waals surface area contributed by atoms with Crippen LogP contribution in [-0.4, -0.2) is 26.8 Å². The van der Waals surface area contributed by atoms with Gasteiger partial charge in [-0.1, -0.05) is 24.3 Å². The molecule has 0 saturated heterocycles. The molecule has 7 nitrogen and oxygen atoms in total. The lowest BCUT2D eigenvalue weighted by atomic mass is 10.3. The monoisotopic (exact) mass is 327 g/mol. The van der Waals surface area contributed by atoms with Crippen molar-refractivity contribution in [2.45, 2.75) is 6.92 Å². The molecule has 0 aliphatic carbocycles. The molecule has 8 heteroatoms. The van der Waals surface area contributed by atoms with Crippen LogP contribution in [0.25, 0.3) is 5.69 Å². The SMILES string of the molecule is Cc1nn(-c2ccccc2)nc1C(=O)NNC(=O)c1cccs1. The summed E-state index contributed by atoms with van der Waals surface area (Å²) in [6, 6.07) is 12.7. The lowest BCUT2D eigenvalue weighted by molar-refractivity contribution is 0.0845. The minimum Gasteiger partial charge on any atom is -0.266 e. The molecule has 0 unspecified atom stereocenters. The minimum absolute atomic E-state index is 0.153. The second-order valence-electron chi connectivity index (χ2n) is 4.64. The number of para-hydroxylation sites is 1. The highest BCUT2D eigenvalue weighted by Crippen LogP contribution is 2.09. The van der Waals surface area contributed by atoms with Gasteiger partial charge in [0, 0.05) is 0 Å². The first-order chi connectivity index (χ1) is 11.1. The Morgan fingerprint density at radius 1 is 1.00 bits per heavy atom. The van der Waals surface area contributed by atoms with Gasteiger partial charge in [-0.05, 0) is 30.5 Å². The van der Waals surface area contributed by atoms with E-state index in [0.717, 1.165) is 5.69 Å². The maximum atomic E-state index is 12.1. The number of hydrogen-bond acceptors (Lipinski definition) is 5.